The van der Waals surface area contributed by atoms with Gasteiger partial charge >= 0.3 is 12.8 Å². The molecular weight excluding hydrogens is 643 g/mol. The minimum Gasteiger partial charge on any atom is -0.497 e. The highest BCUT2D eigenvalue weighted by molar-refractivity contribution is 6.06. The van der Waals surface area contributed by atoms with Gasteiger partial charge in [0.15, 0.2) is 5.82 Å². The van der Waals surface area contributed by atoms with E-state index in [9.17, 15) is 36.6 Å². The van der Waals surface area contributed by atoms with Crippen molar-refractivity contribution in [2.75, 3.05) is 30.9 Å². The topological polar surface area (TPSA) is 111 Å². The standard InChI is InChI=1S/C30H28F7N5O5/c1-29(2,45)14-40(3)21-11-10-18(30(35,36)37)25(38-21)42-27(44)23(39-26(43)15-6-8-16(9-7-15)47-28(33)34)24(41(42)4)22-19(31)12-17(46-5)13-20(22)32/h6-13,28,45H,14H2,1-5H3,(H,39,43). The Labute approximate surface area is 262 Å². The first-order valence-electron chi connectivity index (χ1n) is 13.6. The van der Waals surface area contributed by atoms with E-state index >= 15 is 8.78 Å². The van der Waals surface area contributed by atoms with Gasteiger partial charge in [0.2, 0.25) is 0 Å². The fraction of sp³-hybridized carbons (Fsp3) is 0.300. The van der Waals surface area contributed by atoms with Crippen molar-refractivity contribution in [3.63, 3.8) is 0 Å². The van der Waals surface area contributed by atoms with Crippen molar-refractivity contribution in [2.24, 2.45) is 7.05 Å². The van der Waals surface area contributed by atoms with E-state index in [1.807, 2.05) is 0 Å². The zero-order chi connectivity index (χ0) is 35.0. The maximum Gasteiger partial charge on any atom is 0.420 e. The second-order valence-corrected chi connectivity index (χ2v) is 10.9. The third kappa shape index (κ3) is 7.51. The van der Waals surface area contributed by atoms with Gasteiger partial charge < -0.3 is 24.8 Å². The van der Waals surface area contributed by atoms with Crippen LogP contribution in [0, 0.1) is 11.6 Å². The van der Waals surface area contributed by atoms with Gasteiger partial charge in [0.05, 0.1) is 18.3 Å². The number of hydrogen-bond donors (Lipinski definition) is 2. The third-order valence-corrected chi connectivity index (χ3v) is 6.72. The number of carbonyl (C=O) groups is 1. The number of nitrogens with one attached hydrogen (secondary N) is 1. The van der Waals surface area contributed by atoms with Crippen molar-refractivity contribution in [3.05, 3.63) is 81.6 Å². The number of hydrogen-bond acceptors (Lipinski definition) is 7. The van der Waals surface area contributed by atoms with E-state index in [1.54, 1.807) is 0 Å². The third-order valence-electron chi connectivity index (χ3n) is 6.72. The molecule has 4 aromatic rings. The monoisotopic (exact) mass is 671 g/mol. The first kappa shape index (κ1) is 34.8. The van der Waals surface area contributed by atoms with Crippen LogP contribution in [0.1, 0.15) is 29.8 Å². The number of aliphatic hydroxyl groups is 1. The predicted molar refractivity (Wildman–Crippen MR) is 156 cm³/mol. The van der Waals surface area contributed by atoms with Crippen molar-refractivity contribution < 1.29 is 50.1 Å². The van der Waals surface area contributed by atoms with Crippen molar-refractivity contribution >= 4 is 17.4 Å². The Morgan fingerprint density at radius 3 is 2.15 bits per heavy atom. The molecule has 2 aromatic carbocycles. The molecule has 0 aliphatic heterocycles. The molecule has 0 saturated heterocycles. The van der Waals surface area contributed by atoms with Gasteiger partial charge in [-0.05, 0) is 50.2 Å². The van der Waals surface area contributed by atoms with Crippen LogP contribution in [0.3, 0.4) is 0 Å². The number of pyridine rings is 1. The number of alkyl halides is 5. The second kappa shape index (κ2) is 13.0. The summed E-state index contributed by atoms with van der Waals surface area (Å²) in [7, 11) is 3.60. The van der Waals surface area contributed by atoms with Crippen LogP contribution in [0.4, 0.5) is 42.2 Å². The zero-order valence-electron chi connectivity index (χ0n) is 25.4. The molecule has 0 fully saturated rings. The Bertz CT molecular complexity index is 1820. The molecule has 2 N–H and O–H groups in total. The number of amides is 1. The Morgan fingerprint density at radius 2 is 1.64 bits per heavy atom. The van der Waals surface area contributed by atoms with E-state index < -0.39 is 69.8 Å². The van der Waals surface area contributed by atoms with Crippen LogP contribution in [0.2, 0.25) is 0 Å². The minimum absolute atomic E-state index is 0.0944. The van der Waals surface area contributed by atoms with E-state index in [4.69, 9.17) is 4.74 Å². The first-order chi connectivity index (χ1) is 21.8. The number of halogens is 7. The second-order valence-electron chi connectivity index (χ2n) is 10.9. The first-order valence-corrected chi connectivity index (χ1v) is 13.6. The van der Waals surface area contributed by atoms with Gasteiger partial charge in [0.25, 0.3) is 11.5 Å². The lowest BCUT2D eigenvalue weighted by atomic mass is 10.1. The number of anilines is 2. The SMILES string of the molecule is COc1cc(F)c(-c2c(NC(=O)c3ccc(OC(F)F)cc3)c(=O)n(-c3nc(N(C)CC(C)(C)O)ccc3C(F)(F)F)n2C)c(F)c1. The number of rotatable bonds is 10. The summed E-state index contributed by atoms with van der Waals surface area (Å²) in [6.07, 6.45) is -5.08. The van der Waals surface area contributed by atoms with Gasteiger partial charge in [-0.1, -0.05) is 0 Å². The maximum absolute atomic E-state index is 15.4. The van der Waals surface area contributed by atoms with E-state index in [0.717, 1.165) is 56.6 Å². The summed E-state index contributed by atoms with van der Waals surface area (Å²) in [6, 6.07) is 7.32. The molecule has 0 aliphatic carbocycles. The molecule has 0 saturated carbocycles. The number of benzene rings is 2. The fourth-order valence-corrected chi connectivity index (χ4v) is 4.81. The van der Waals surface area contributed by atoms with Crippen molar-refractivity contribution in [1.82, 2.24) is 14.3 Å². The number of nitrogens with zero attached hydrogens (tertiary/aromatic N) is 4. The number of ether oxygens (including phenoxy) is 2. The molecule has 0 aliphatic rings. The molecule has 4 rings (SSSR count). The molecule has 2 heterocycles. The Balaban J connectivity index is 1.99. The molecule has 47 heavy (non-hydrogen) atoms. The van der Waals surface area contributed by atoms with Gasteiger partial charge in [-0.15, -0.1) is 0 Å². The van der Waals surface area contributed by atoms with Crippen LogP contribution < -0.4 is 25.2 Å². The van der Waals surface area contributed by atoms with Crippen molar-refractivity contribution in [1.29, 1.82) is 0 Å². The highest BCUT2D eigenvalue weighted by Crippen LogP contribution is 2.37. The summed E-state index contributed by atoms with van der Waals surface area (Å²) in [5, 5.41) is 12.4. The van der Waals surface area contributed by atoms with E-state index in [-0.39, 0.29) is 29.4 Å². The van der Waals surface area contributed by atoms with Gasteiger partial charge in [-0.3, -0.25) is 14.3 Å². The van der Waals surface area contributed by atoms with Crippen LogP contribution in [0.5, 0.6) is 11.5 Å². The van der Waals surface area contributed by atoms with Crippen LogP contribution in [-0.2, 0) is 13.2 Å². The molecule has 0 atom stereocenters. The highest BCUT2D eigenvalue weighted by atomic mass is 19.4. The van der Waals surface area contributed by atoms with E-state index in [2.05, 4.69) is 15.0 Å². The van der Waals surface area contributed by atoms with Crippen molar-refractivity contribution in [3.8, 4) is 28.6 Å². The quantitative estimate of drug-likeness (QED) is 0.211. The summed E-state index contributed by atoms with van der Waals surface area (Å²) < 4.78 is 109. The Hall–Kier alpha value is -5.06. The zero-order valence-corrected chi connectivity index (χ0v) is 25.4. The lowest BCUT2D eigenvalue weighted by Crippen LogP contribution is -2.37. The highest BCUT2D eigenvalue weighted by Gasteiger charge is 2.38. The molecule has 0 unspecified atom stereocenters. The molecule has 10 nitrogen and oxygen atoms in total. The predicted octanol–water partition coefficient (Wildman–Crippen LogP) is 5.60. The summed E-state index contributed by atoms with van der Waals surface area (Å²) in [5.41, 5.74) is -6.71. The molecular formula is C30H28F7N5O5. The van der Waals surface area contributed by atoms with Crippen molar-refractivity contribution in [2.45, 2.75) is 32.2 Å². The summed E-state index contributed by atoms with van der Waals surface area (Å²) in [5.74, 6) is -5.34. The van der Waals surface area contributed by atoms with Crippen LogP contribution in [0.15, 0.2) is 53.3 Å². The lowest BCUT2D eigenvalue weighted by molar-refractivity contribution is -0.137. The Kier molecular flexibility index (Phi) is 9.61. The van der Waals surface area contributed by atoms with Crippen LogP contribution in [-0.4, -0.2) is 58.3 Å². The summed E-state index contributed by atoms with van der Waals surface area (Å²) in [4.78, 5) is 32.5. The molecule has 252 valence electrons. The van der Waals surface area contributed by atoms with E-state index in [1.165, 1.54) is 25.8 Å². The largest absolute Gasteiger partial charge is 0.497 e. The van der Waals surface area contributed by atoms with Gasteiger partial charge in [0, 0.05) is 38.3 Å². The summed E-state index contributed by atoms with van der Waals surface area (Å²) in [6.45, 7) is -0.343. The van der Waals surface area contributed by atoms with E-state index in [0.29, 0.717) is 15.4 Å². The lowest BCUT2D eigenvalue weighted by Gasteiger charge is -2.27. The molecule has 0 spiro atoms. The normalized spacial score (nSPS) is 12.0. The molecule has 0 radical (unpaired) electrons. The van der Waals surface area contributed by atoms with Gasteiger partial charge in [0.1, 0.15) is 45.9 Å². The average molecular weight is 672 g/mol. The smallest absolute Gasteiger partial charge is 0.420 e. The fourth-order valence-electron chi connectivity index (χ4n) is 4.81. The summed E-state index contributed by atoms with van der Waals surface area (Å²) >= 11 is 0. The van der Waals surface area contributed by atoms with Gasteiger partial charge in [-0.25, -0.2) is 13.8 Å². The maximum atomic E-state index is 15.4. The number of likely N-dealkylation sites (N-methyl/N-ethyl adjacent to an activating group) is 1. The minimum atomic E-state index is -5.08. The number of methoxy groups -OCH3 is 1. The number of aromatic nitrogens is 3. The molecule has 1 amide bonds. The Morgan fingerprint density at radius 1 is 1.04 bits per heavy atom. The molecule has 0 bridgehead atoms. The average Bonchev–Trinajstić information content (AvgIpc) is 3.19. The number of carbonyl (C=O) groups excluding carboxylic acids is 1. The molecule has 2 aromatic heterocycles. The van der Waals surface area contributed by atoms with Crippen LogP contribution in [0.25, 0.3) is 17.1 Å². The van der Waals surface area contributed by atoms with Crippen LogP contribution >= 0.6 is 0 Å². The molecule has 17 heteroatoms. The van der Waals surface area contributed by atoms with Gasteiger partial charge in [-0.2, -0.15) is 26.6 Å².